The van der Waals surface area contributed by atoms with Crippen LogP contribution in [0.15, 0.2) is 53.4 Å². The Morgan fingerprint density at radius 2 is 1.67 bits per heavy atom. The molecule has 1 amide bonds. The van der Waals surface area contributed by atoms with Gasteiger partial charge in [0.15, 0.2) is 27.4 Å². The van der Waals surface area contributed by atoms with Crippen molar-refractivity contribution in [3.63, 3.8) is 0 Å². The second kappa shape index (κ2) is 8.90. The molecule has 0 saturated heterocycles. The topological polar surface area (TPSA) is 81.7 Å². The molecule has 0 aliphatic rings. The second-order valence-corrected chi connectivity index (χ2v) is 8.25. The number of rotatable bonds is 8. The predicted octanol–water partition coefficient (Wildman–Crippen LogP) is 3.13. The normalized spacial score (nSPS) is 13.5. The van der Waals surface area contributed by atoms with Crippen molar-refractivity contribution in [1.29, 1.82) is 0 Å². The number of nitrogens with one attached hydrogen (secondary N) is 1. The SMILES string of the molecule is CC[C@@H](Oc1ccccc1OC)C(=O)N[C@@H](C)c1ccc(S(C)(=O)=O)cc1. The van der Waals surface area contributed by atoms with Gasteiger partial charge in [-0.25, -0.2) is 8.42 Å². The number of para-hydroxylation sites is 2. The zero-order valence-electron chi connectivity index (χ0n) is 15.9. The van der Waals surface area contributed by atoms with Crippen LogP contribution >= 0.6 is 0 Å². The third-order valence-electron chi connectivity index (χ3n) is 4.17. The van der Waals surface area contributed by atoms with Gasteiger partial charge in [-0.05, 0) is 43.2 Å². The molecule has 0 aliphatic heterocycles. The number of ether oxygens (including phenoxy) is 2. The molecule has 0 radical (unpaired) electrons. The molecule has 27 heavy (non-hydrogen) atoms. The zero-order valence-corrected chi connectivity index (χ0v) is 16.7. The zero-order chi connectivity index (χ0) is 20.0. The van der Waals surface area contributed by atoms with Crippen LogP contribution < -0.4 is 14.8 Å². The molecular formula is C20H25NO5S. The Morgan fingerprint density at radius 1 is 1.07 bits per heavy atom. The van der Waals surface area contributed by atoms with Crippen LogP contribution in [-0.4, -0.2) is 33.8 Å². The minimum absolute atomic E-state index is 0.246. The molecule has 0 saturated carbocycles. The van der Waals surface area contributed by atoms with E-state index < -0.39 is 15.9 Å². The van der Waals surface area contributed by atoms with Crippen LogP contribution in [0, 0.1) is 0 Å². The van der Waals surface area contributed by atoms with Gasteiger partial charge in [0, 0.05) is 6.26 Å². The molecule has 0 fully saturated rings. The van der Waals surface area contributed by atoms with Gasteiger partial charge in [0.2, 0.25) is 0 Å². The molecule has 146 valence electrons. The summed E-state index contributed by atoms with van der Waals surface area (Å²) in [5, 5.41) is 2.91. The van der Waals surface area contributed by atoms with E-state index in [1.807, 2.05) is 26.0 Å². The summed E-state index contributed by atoms with van der Waals surface area (Å²) >= 11 is 0. The predicted molar refractivity (Wildman–Crippen MR) is 104 cm³/mol. The maximum atomic E-state index is 12.6. The summed E-state index contributed by atoms with van der Waals surface area (Å²) in [6.45, 7) is 3.70. The van der Waals surface area contributed by atoms with Gasteiger partial charge in [0.05, 0.1) is 18.0 Å². The lowest BCUT2D eigenvalue weighted by Crippen LogP contribution is -2.39. The highest BCUT2D eigenvalue weighted by molar-refractivity contribution is 7.90. The standard InChI is InChI=1S/C20H25NO5S/c1-5-17(26-19-9-7-6-8-18(19)25-3)20(22)21-14(2)15-10-12-16(13-11-15)27(4,23)24/h6-14,17H,5H2,1-4H3,(H,21,22)/t14-,17+/m0/s1. The highest BCUT2D eigenvalue weighted by Gasteiger charge is 2.22. The number of carbonyl (C=O) groups is 1. The summed E-state index contributed by atoms with van der Waals surface area (Å²) in [5.74, 6) is 0.823. The third-order valence-corrected chi connectivity index (χ3v) is 5.30. The Balaban J connectivity index is 2.07. The first-order valence-corrected chi connectivity index (χ1v) is 10.6. The molecule has 2 atom stereocenters. The first kappa shape index (κ1) is 20.8. The number of benzene rings is 2. The summed E-state index contributed by atoms with van der Waals surface area (Å²) in [6.07, 6.45) is 0.983. The molecule has 2 aromatic rings. The van der Waals surface area contributed by atoms with Crippen molar-refractivity contribution >= 4 is 15.7 Å². The quantitative estimate of drug-likeness (QED) is 0.748. The Morgan fingerprint density at radius 3 is 2.19 bits per heavy atom. The van der Waals surface area contributed by atoms with Gasteiger partial charge in [0.1, 0.15) is 0 Å². The van der Waals surface area contributed by atoms with E-state index in [0.717, 1.165) is 11.8 Å². The van der Waals surface area contributed by atoms with E-state index in [2.05, 4.69) is 5.32 Å². The van der Waals surface area contributed by atoms with Gasteiger partial charge >= 0.3 is 0 Å². The minimum atomic E-state index is -3.25. The minimum Gasteiger partial charge on any atom is -0.493 e. The molecule has 0 bridgehead atoms. The maximum absolute atomic E-state index is 12.6. The molecule has 0 aromatic heterocycles. The van der Waals surface area contributed by atoms with Crippen molar-refractivity contribution in [1.82, 2.24) is 5.32 Å². The van der Waals surface area contributed by atoms with Gasteiger partial charge < -0.3 is 14.8 Å². The average molecular weight is 391 g/mol. The van der Waals surface area contributed by atoms with Crippen LogP contribution in [0.1, 0.15) is 31.9 Å². The van der Waals surface area contributed by atoms with Gasteiger partial charge in [-0.15, -0.1) is 0 Å². The monoisotopic (exact) mass is 391 g/mol. The van der Waals surface area contributed by atoms with E-state index >= 15 is 0 Å². The van der Waals surface area contributed by atoms with E-state index in [-0.39, 0.29) is 16.8 Å². The van der Waals surface area contributed by atoms with Crippen molar-refractivity contribution in [3.8, 4) is 11.5 Å². The van der Waals surface area contributed by atoms with Crippen LogP contribution in [0.4, 0.5) is 0 Å². The first-order chi connectivity index (χ1) is 12.8. The van der Waals surface area contributed by atoms with Gasteiger partial charge in [0.25, 0.3) is 5.91 Å². The molecule has 7 heteroatoms. The van der Waals surface area contributed by atoms with Crippen molar-refractivity contribution in [2.75, 3.05) is 13.4 Å². The summed E-state index contributed by atoms with van der Waals surface area (Å²) in [6, 6.07) is 13.3. The van der Waals surface area contributed by atoms with E-state index in [4.69, 9.17) is 9.47 Å². The van der Waals surface area contributed by atoms with Crippen LogP contribution in [0.5, 0.6) is 11.5 Å². The van der Waals surface area contributed by atoms with Crippen LogP contribution in [-0.2, 0) is 14.6 Å². The fourth-order valence-corrected chi connectivity index (χ4v) is 3.22. The molecular weight excluding hydrogens is 366 g/mol. The molecule has 6 nitrogen and oxygen atoms in total. The molecule has 0 aliphatic carbocycles. The van der Waals surface area contributed by atoms with Gasteiger partial charge in [-0.2, -0.15) is 0 Å². The fourth-order valence-electron chi connectivity index (χ4n) is 2.59. The summed E-state index contributed by atoms with van der Waals surface area (Å²) in [4.78, 5) is 12.9. The summed E-state index contributed by atoms with van der Waals surface area (Å²) in [5.41, 5.74) is 0.808. The average Bonchev–Trinajstić information content (AvgIpc) is 2.65. The number of amides is 1. The number of carbonyl (C=O) groups excluding carboxylic acids is 1. The Labute approximate surface area is 160 Å². The van der Waals surface area contributed by atoms with E-state index in [0.29, 0.717) is 17.9 Å². The lowest BCUT2D eigenvalue weighted by Gasteiger charge is -2.21. The number of hydrogen-bond donors (Lipinski definition) is 1. The lowest BCUT2D eigenvalue weighted by atomic mass is 10.1. The van der Waals surface area contributed by atoms with Crippen molar-refractivity contribution in [2.24, 2.45) is 0 Å². The Kier molecular flexibility index (Phi) is 6.85. The van der Waals surface area contributed by atoms with Crippen LogP contribution in [0.3, 0.4) is 0 Å². The fraction of sp³-hybridized carbons (Fsp3) is 0.350. The summed E-state index contributed by atoms with van der Waals surface area (Å²) in [7, 11) is -1.70. The number of sulfone groups is 1. The maximum Gasteiger partial charge on any atom is 0.261 e. The third kappa shape index (κ3) is 5.47. The van der Waals surface area contributed by atoms with Crippen molar-refractivity contribution in [3.05, 3.63) is 54.1 Å². The van der Waals surface area contributed by atoms with Crippen molar-refractivity contribution in [2.45, 2.75) is 37.3 Å². The molecule has 0 spiro atoms. The Bertz CT molecular complexity index is 878. The van der Waals surface area contributed by atoms with Gasteiger partial charge in [-0.1, -0.05) is 31.2 Å². The lowest BCUT2D eigenvalue weighted by molar-refractivity contribution is -0.128. The summed E-state index contributed by atoms with van der Waals surface area (Å²) < 4.78 is 34.2. The largest absolute Gasteiger partial charge is 0.493 e. The molecule has 0 unspecified atom stereocenters. The molecule has 0 heterocycles. The highest BCUT2D eigenvalue weighted by atomic mass is 32.2. The van der Waals surface area contributed by atoms with Gasteiger partial charge in [-0.3, -0.25) is 4.79 Å². The molecule has 2 rings (SSSR count). The smallest absolute Gasteiger partial charge is 0.261 e. The number of hydrogen-bond acceptors (Lipinski definition) is 5. The van der Waals surface area contributed by atoms with E-state index in [1.54, 1.807) is 31.4 Å². The van der Waals surface area contributed by atoms with E-state index in [9.17, 15) is 13.2 Å². The molecule has 2 aromatic carbocycles. The second-order valence-electron chi connectivity index (χ2n) is 6.24. The van der Waals surface area contributed by atoms with Crippen molar-refractivity contribution < 1.29 is 22.7 Å². The van der Waals surface area contributed by atoms with E-state index in [1.165, 1.54) is 12.1 Å². The first-order valence-electron chi connectivity index (χ1n) is 8.66. The Hall–Kier alpha value is -2.54. The number of methoxy groups -OCH3 is 1. The van der Waals surface area contributed by atoms with Crippen LogP contribution in [0.2, 0.25) is 0 Å². The van der Waals surface area contributed by atoms with Crippen LogP contribution in [0.25, 0.3) is 0 Å². The molecule has 1 N–H and O–H groups in total. The highest BCUT2D eigenvalue weighted by Crippen LogP contribution is 2.27.